The molecule has 2 aromatic rings. The van der Waals surface area contributed by atoms with Crippen LogP contribution in [-0.4, -0.2) is 4.98 Å². The molecule has 0 amide bonds. The fourth-order valence-electron chi connectivity index (χ4n) is 1.79. The van der Waals surface area contributed by atoms with E-state index in [0.717, 1.165) is 11.1 Å². The monoisotopic (exact) mass is 315 g/mol. The Labute approximate surface area is 126 Å². The molecular weight excluding hydrogens is 305 g/mol. The third-order valence-electron chi connectivity index (χ3n) is 2.83. The summed E-state index contributed by atoms with van der Waals surface area (Å²) in [6, 6.07) is 7.19. The van der Waals surface area contributed by atoms with E-state index in [1.54, 1.807) is 24.5 Å². The Hall–Kier alpha value is -0.840. The smallest absolute Gasteiger partial charge is 0.0622 e. The van der Waals surface area contributed by atoms with Crippen molar-refractivity contribution in [2.45, 2.75) is 12.5 Å². The number of hydrazine groups is 1. The highest BCUT2D eigenvalue weighted by Gasteiger charge is 2.13. The number of nitrogens with two attached hydrogens (primary N) is 1. The predicted molar refractivity (Wildman–Crippen MR) is 79.5 cm³/mol. The Kier molecular flexibility index (Phi) is 5.02. The number of nitrogens with zero attached hydrogens (tertiary/aromatic N) is 1. The minimum absolute atomic E-state index is 0.102. The zero-order chi connectivity index (χ0) is 13.8. The average molecular weight is 317 g/mol. The lowest BCUT2D eigenvalue weighted by Crippen LogP contribution is -2.29. The van der Waals surface area contributed by atoms with Gasteiger partial charge in [-0.2, -0.15) is 0 Å². The fourth-order valence-corrected chi connectivity index (χ4v) is 2.29. The Bertz CT molecular complexity index is 575. The van der Waals surface area contributed by atoms with Gasteiger partial charge in [0.1, 0.15) is 0 Å². The SMILES string of the molecule is NNC(Cc1ccncc1Cl)c1ccc(Cl)c(Cl)c1. The van der Waals surface area contributed by atoms with Crippen LogP contribution >= 0.6 is 34.8 Å². The third kappa shape index (κ3) is 3.59. The first-order valence-corrected chi connectivity index (χ1v) is 6.74. The van der Waals surface area contributed by atoms with Gasteiger partial charge in [-0.15, -0.1) is 0 Å². The normalized spacial score (nSPS) is 12.4. The van der Waals surface area contributed by atoms with E-state index >= 15 is 0 Å². The molecule has 1 aromatic heterocycles. The molecule has 0 saturated heterocycles. The van der Waals surface area contributed by atoms with Gasteiger partial charge in [0.05, 0.1) is 21.1 Å². The maximum absolute atomic E-state index is 6.09. The summed E-state index contributed by atoms with van der Waals surface area (Å²) in [6.07, 6.45) is 3.94. The lowest BCUT2D eigenvalue weighted by molar-refractivity contribution is 0.552. The van der Waals surface area contributed by atoms with Crippen molar-refractivity contribution >= 4 is 34.8 Å². The zero-order valence-corrected chi connectivity index (χ0v) is 12.2. The molecule has 19 heavy (non-hydrogen) atoms. The maximum atomic E-state index is 6.09. The molecule has 0 aliphatic carbocycles. The van der Waals surface area contributed by atoms with Gasteiger partial charge in [-0.25, -0.2) is 0 Å². The Balaban J connectivity index is 2.25. The zero-order valence-electron chi connectivity index (χ0n) is 9.91. The van der Waals surface area contributed by atoms with Crippen molar-refractivity contribution in [3.05, 3.63) is 62.9 Å². The highest BCUT2D eigenvalue weighted by atomic mass is 35.5. The molecule has 0 spiro atoms. The highest BCUT2D eigenvalue weighted by molar-refractivity contribution is 6.42. The van der Waals surface area contributed by atoms with Gasteiger partial charge in [0.2, 0.25) is 0 Å². The molecule has 6 heteroatoms. The standard InChI is InChI=1S/C13H12Cl3N3/c14-10-2-1-9(5-11(10)15)13(19-17)6-8-3-4-18-7-12(8)16/h1-5,7,13,19H,6,17H2. The Morgan fingerprint density at radius 2 is 1.89 bits per heavy atom. The molecule has 2 rings (SSSR count). The van der Waals surface area contributed by atoms with Crippen LogP contribution in [0.2, 0.25) is 15.1 Å². The van der Waals surface area contributed by atoms with E-state index in [1.807, 2.05) is 12.1 Å². The summed E-state index contributed by atoms with van der Waals surface area (Å²) in [5.41, 5.74) is 4.67. The number of pyridine rings is 1. The molecule has 1 heterocycles. The van der Waals surface area contributed by atoms with Gasteiger partial charge < -0.3 is 0 Å². The summed E-state index contributed by atoms with van der Waals surface area (Å²) in [7, 11) is 0. The van der Waals surface area contributed by atoms with Crippen LogP contribution in [0.1, 0.15) is 17.2 Å². The first-order valence-electron chi connectivity index (χ1n) is 5.61. The van der Waals surface area contributed by atoms with Gasteiger partial charge in [-0.05, 0) is 35.7 Å². The quantitative estimate of drug-likeness (QED) is 0.666. The molecule has 3 N–H and O–H groups in total. The molecule has 0 aliphatic heterocycles. The maximum Gasteiger partial charge on any atom is 0.0622 e. The van der Waals surface area contributed by atoms with Gasteiger partial charge in [-0.1, -0.05) is 40.9 Å². The number of aromatic nitrogens is 1. The van der Waals surface area contributed by atoms with Crippen LogP contribution in [0.25, 0.3) is 0 Å². The minimum Gasteiger partial charge on any atom is -0.271 e. The van der Waals surface area contributed by atoms with E-state index in [0.29, 0.717) is 21.5 Å². The van der Waals surface area contributed by atoms with Crippen molar-refractivity contribution in [3.63, 3.8) is 0 Å². The molecule has 1 aromatic carbocycles. The Morgan fingerprint density at radius 1 is 1.11 bits per heavy atom. The molecule has 1 atom stereocenters. The van der Waals surface area contributed by atoms with Gasteiger partial charge in [0.25, 0.3) is 0 Å². The number of halogens is 3. The third-order valence-corrected chi connectivity index (χ3v) is 3.91. The number of rotatable bonds is 4. The van der Waals surface area contributed by atoms with Gasteiger partial charge in [0, 0.05) is 12.4 Å². The van der Waals surface area contributed by atoms with Gasteiger partial charge in [0.15, 0.2) is 0 Å². The minimum atomic E-state index is -0.102. The molecule has 0 aliphatic rings. The predicted octanol–water partition coefficient (Wildman–Crippen LogP) is 3.79. The van der Waals surface area contributed by atoms with E-state index in [1.165, 1.54) is 0 Å². The van der Waals surface area contributed by atoms with Gasteiger partial charge in [-0.3, -0.25) is 16.3 Å². The van der Waals surface area contributed by atoms with Crippen LogP contribution in [-0.2, 0) is 6.42 Å². The molecule has 0 saturated carbocycles. The highest BCUT2D eigenvalue weighted by Crippen LogP contribution is 2.28. The van der Waals surface area contributed by atoms with E-state index in [9.17, 15) is 0 Å². The van der Waals surface area contributed by atoms with Crippen LogP contribution in [0.5, 0.6) is 0 Å². The summed E-state index contributed by atoms with van der Waals surface area (Å²) in [5, 5.41) is 1.63. The Morgan fingerprint density at radius 3 is 2.53 bits per heavy atom. The average Bonchev–Trinajstić information content (AvgIpc) is 2.41. The first-order chi connectivity index (χ1) is 9.11. The summed E-state index contributed by atoms with van der Waals surface area (Å²) < 4.78 is 0. The molecule has 3 nitrogen and oxygen atoms in total. The van der Waals surface area contributed by atoms with Crippen LogP contribution in [0.4, 0.5) is 0 Å². The summed E-state index contributed by atoms with van der Waals surface area (Å²) >= 11 is 18.0. The fraction of sp³-hybridized carbons (Fsp3) is 0.154. The van der Waals surface area contributed by atoms with Crippen molar-refractivity contribution in [3.8, 4) is 0 Å². The molecule has 100 valence electrons. The molecule has 1 unspecified atom stereocenters. The number of hydrogen-bond acceptors (Lipinski definition) is 3. The molecule has 0 radical (unpaired) electrons. The molecule has 0 bridgehead atoms. The molecule has 0 fully saturated rings. The number of hydrogen-bond donors (Lipinski definition) is 2. The van der Waals surface area contributed by atoms with Crippen LogP contribution in [0.3, 0.4) is 0 Å². The second-order valence-electron chi connectivity index (χ2n) is 4.06. The van der Waals surface area contributed by atoms with Gasteiger partial charge >= 0.3 is 0 Å². The summed E-state index contributed by atoms with van der Waals surface area (Å²) in [4.78, 5) is 3.95. The first kappa shape index (κ1) is 14.6. The van der Waals surface area contributed by atoms with Crippen molar-refractivity contribution in [1.29, 1.82) is 0 Å². The lowest BCUT2D eigenvalue weighted by atomic mass is 10.00. The van der Waals surface area contributed by atoms with E-state index < -0.39 is 0 Å². The van der Waals surface area contributed by atoms with Crippen molar-refractivity contribution in [1.82, 2.24) is 10.4 Å². The van der Waals surface area contributed by atoms with E-state index in [4.69, 9.17) is 40.6 Å². The van der Waals surface area contributed by atoms with Crippen molar-refractivity contribution in [2.75, 3.05) is 0 Å². The summed E-state index contributed by atoms with van der Waals surface area (Å²) in [5.74, 6) is 5.61. The second kappa shape index (κ2) is 6.55. The topological polar surface area (TPSA) is 50.9 Å². The largest absolute Gasteiger partial charge is 0.271 e. The number of nitrogens with one attached hydrogen (secondary N) is 1. The van der Waals surface area contributed by atoms with Crippen molar-refractivity contribution < 1.29 is 0 Å². The lowest BCUT2D eigenvalue weighted by Gasteiger charge is -2.17. The second-order valence-corrected chi connectivity index (χ2v) is 5.29. The molecular formula is C13H12Cl3N3. The van der Waals surface area contributed by atoms with Crippen LogP contribution in [0, 0.1) is 0 Å². The summed E-state index contributed by atoms with van der Waals surface area (Å²) in [6.45, 7) is 0. The van der Waals surface area contributed by atoms with Crippen LogP contribution in [0.15, 0.2) is 36.7 Å². The van der Waals surface area contributed by atoms with E-state index in [2.05, 4.69) is 10.4 Å². The number of benzene rings is 1. The van der Waals surface area contributed by atoms with Crippen molar-refractivity contribution in [2.24, 2.45) is 5.84 Å². The van der Waals surface area contributed by atoms with Crippen LogP contribution < -0.4 is 11.3 Å². The van der Waals surface area contributed by atoms with E-state index in [-0.39, 0.29) is 6.04 Å².